The Bertz CT molecular complexity index is 561. The van der Waals surface area contributed by atoms with E-state index >= 15 is 0 Å². The quantitative estimate of drug-likeness (QED) is 0.251. The van der Waals surface area contributed by atoms with Crippen LogP contribution in [0.2, 0.25) is 0 Å². The molecule has 0 aromatic rings. The minimum Gasteiger partial charge on any atom is -0.336 e. The van der Waals surface area contributed by atoms with Gasteiger partial charge in [-0.25, -0.2) is 9.59 Å². The highest BCUT2D eigenvalue weighted by Crippen LogP contribution is 2.41. The molecule has 0 aromatic heterocycles. The monoisotopic (exact) mass is 492 g/mol. The lowest BCUT2D eigenvalue weighted by atomic mass is 9.69. The fourth-order valence-corrected chi connectivity index (χ4v) is 5.21. The fraction of sp³-hybridized carbons (Fsp3) is 0.900. The van der Waals surface area contributed by atoms with Crippen LogP contribution in [0.1, 0.15) is 51.4 Å². The molecule has 0 atom stereocenters. The SMILES string of the molecule is O=NN(CCCl)C(=O)NCC1CCC(C2CCC(CNC(=O)N(CCCl)N=O)CC2)CC1. The van der Waals surface area contributed by atoms with Crippen molar-refractivity contribution in [2.24, 2.45) is 34.2 Å². The van der Waals surface area contributed by atoms with Crippen molar-refractivity contribution in [2.75, 3.05) is 37.9 Å². The maximum absolute atomic E-state index is 11.9. The van der Waals surface area contributed by atoms with E-state index in [-0.39, 0.29) is 24.8 Å². The maximum Gasteiger partial charge on any atom is 0.340 e. The van der Waals surface area contributed by atoms with Crippen molar-refractivity contribution in [2.45, 2.75) is 51.4 Å². The molecule has 182 valence electrons. The lowest BCUT2D eigenvalue weighted by Crippen LogP contribution is -2.41. The van der Waals surface area contributed by atoms with Crippen molar-refractivity contribution >= 4 is 35.3 Å². The van der Waals surface area contributed by atoms with Crippen LogP contribution in [0.15, 0.2) is 10.6 Å². The summed E-state index contributed by atoms with van der Waals surface area (Å²) >= 11 is 11.1. The Balaban J connectivity index is 1.63. The molecule has 0 aromatic carbocycles. The standard InChI is InChI=1S/C20H34Cl2N6O4/c21-9-11-27(25-31)19(29)23-13-15-1-5-17(6-2-15)18-7-3-16(4-8-18)14-24-20(30)28(26-32)12-10-22/h15-18H,1-14H2,(H,23,29)(H,24,30). The number of nitrogens with one attached hydrogen (secondary N) is 2. The average Bonchev–Trinajstić information content (AvgIpc) is 2.83. The second kappa shape index (κ2) is 14.5. The summed E-state index contributed by atoms with van der Waals surface area (Å²) in [5.41, 5.74) is 0. The van der Waals surface area contributed by atoms with Crippen molar-refractivity contribution in [3.05, 3.63) is 9.81 Å². The number of nitrogens with zero attached hydrogens (tertiary/aromatic N) is 4. The molecule has 0 radical (unpaired) electrons. The number of carbonyl (C=O) groups is 2. The lowest BCUT2D eigenvalue weighted by molar-refractivity contribution is 0.142. The van der Waals surface area contributed by atoms with E-state index in [9.17, 15) is 19.4 Å². The highest BCUT2D eigenvalue weighted by atomic mass is 35.5. The summed E-state index contributed by atoms with van der Waals surface area (Å²) in [4.78, 5) is 45.2. The fourth-order valence-electron chi connectivity index (χ4n) is 4.89. The van der Waals surface area contributed by atoms with Crippen LogP contribution in [0.5, 0.6) is 0 Å². The predicted octanol–water partition coefficient (Wildman–Crippen LogP) is 4.46. The second-order valence-corrected chi connectivity index (χ2v) is 9.48. The van der Waals surface area contributed by atoms with Gasteiger partial charge in [0, 0.05) is 24.8 Å². The van der Waals surface area contributed by atoms with Gasteiger partial charge >= 0.3 is 12.1 Å². The molecule has 0 heterocycles. The lowest BCUT2D eigenvalue weighted by Gasteiger charge is -2.38. The van der Waals surface area contributed by atoms with Gasteiger partial charge in [0.2, 0.25) is 0 Å². The van der Waals surface area contributed by atoms with Gasteiger partial charge in [0.25, 0.3) is 0 Å². The first-order valence-corrected chi connectivity index (χ1v) is 12.5. The van der Waals surface area contributed by atoms with E-state index in [1.54, 1.807) is 0 Å². The second-order valence-electron chi connectivity index (χ2n) is 8.72. The van der Waals surface area contributed by atoms with Crippen LogP contribution in [0.3, 0.4) is 0 Å². The Labute approximate surface area is 199 Å². The minimum absolute atomic E-state index is 0.107. The molecule has 0 aliphatic heterocycles. The molecule has 2 rings (SSSR count). The molecule has 12 heteroatoms. The van der Waals surface area contributed by atoms with Gasteiger partial charge in [-0.15, -0.1) is 33.0 Å². The summed E-state index contributed by atoms with van der Waals surface area (Å²) in [6.45, 7) is 1.33. The third kappa shape index (κ3) is 8.35. The van der Waals surface area contributed by atoms with Gasteiger partial charge in [0.15, 0.2) is 0 Å². The van der Waals surface area contributed by atoms with E-state index in [1.807, 2.05) is 0 Å². The molecular formula is C20H34Cl2N6O4. The van der Waals surface area contributed by atoms with Crippen LogP contribution in [-0.4, -0.2) is 60.0 Å². The smallest absolute Gasteiger partial charge is 0.336 e. The first-order chi connectivity index (χ1) is 15.5. The number of carbonyl (C=O) groups excluding carboxylic acids is 2. The Morgan fingerprint density at radius 2 is 1.03 bits per heavy atom. The van der Waals surface area contributed by atoms with Crippen molar-refractivity contribution in [1.82, 2.24) is 20.7 Å². The topological polar surface area (TPSA) is 124 Å². The summed E-state index contributed by atoms with van der Waals surface area (Å²) in [6.07, 6.45) is 8.90. The number of nitroso groups, excluding NO2 is 2. The first kappa shape index (κ1) is 26.6. The highest BCUT2D eigenvalue weighted by molar-refractivity contribution is 6.18. The Morgan fingerprint density at radius 1 is 0.688 bits per heavy atom. The van der Waals surface area contributed by atoms with Gasteiger partial charge in [-0.2, -0.15) is 10.0 Å². The molecule has 4 amide bonds. The molecule has 0 spiro atoms. The molecule has 10 nitrogen and oxygen atoms in total. The van der Waals surface area contributed by atoms with E-state index in [4.69, 9.17) is 23.2 Å². The first-order valence-electron chi connectivity index (χ1n) is 11.4. The summed E-state index contributed by atoms with van der Waals surface area (Å²) < 4.78 is 0. The zero-order chi connectivity index (χ0) is 23.3. The number of hydrogen-bond donors (Lipinski definition) is 2. The van der Waals surface area contributed by atoms with Crippen LogP contribution in [0.25, 0.3) is 0 Å². The van der Waals surface area contributed by atoms with Gasteiger partial charge in [0.05, 0.1) is 23.7 Å². The van der Waals surface area contributed by atoms with E-state index in [0.29, 0.717) is 36.8 Å². The third-order valence-electron chi connectivity index (χ3n) is 6.79. The van der Waals surface area contributed by atoms with Gasteiger partial charge in [-0.3, -0.25) is 0 Å². The summed E-state index contributed by atoms with van der Waals surface area (Å²) in [7, 11) is 0. The molecule has 2 fully saturated rings. The van der Waals surface area contributed by atoms with Gasteiger partial charge in [-0.1, -0.05) is 0 Å². The van der Waals surface area contributed by atoms with E-state index in [2.05, 4.69) is 21.2 Å². The zero-order valence-electron chi connectivity index (χ0n) is 18.4. The summed E-state index contributed by atoms with van der Waals surface area (Å²) in [5.74, 6) is 2.60. The van der Waals surface area contributed by atoms with E-state index in [0.717, 1.165) is 61.4 Å². The van der Waals surface area contributed by atoms with Crippen molar-refractivity contribution in [1.29, 1.82) is 0 Å². The number of halogens is 2. The largest absolute Gasteiger partial charge is 0.340 e. The molecule has 0 saturated heterocycles. The molecular weight excluding hydrogens is 459 g/mol. The van der Waals surface area contributed by atoms with Crippen LogP contribution in [-0.2, 0) is 0 Å². The Hall–Kier alpha value is -1.68. The Morgan fingerprint density at radius 3 is 1.31 bits per heavy atom. The van der Waals surface area contributed by atoms with Crippen LogP contribution < -0.4 is 10.6 Å². The molecule has 0 unspecified atom stereocenters. The van der Waals surface area contributed by atoms with E-state index in [1.165, 1.54) is 0 Å². The van der Waals surface area contributed by atoms with Gasteiger partial charge in [-0.05, 0) is 75.0 Å². The zero-order valence-corrected chi connectivity index (χ0v) is 19.9. The molecule has 2 aliphatic carbocycles. The van der Waals surface area contributed by atoms with E-state index < -0.39 is 12.1 Å². The number of alkyl halides is 2. The van der Waals surface area contributed by atoms with Crippen molar-refractivity contribution < 1.29 is 9.59 Å². The number of hydrogen-bond acceptors (Lipinski definition) is 6. The number of rotatable bonds is 11. The molecule has 32 heavy (non-hydrogen) atoms. The predicted molar refractivity (Wildman–Crippen MR) is 124 cm³/mol. The average molecular weight is 493 g/mol. The molecule has 2 N–H and O–H groups in total. The number of urea groups is 2. The van der Waals surface area contributed by atoms with Crippen LogP contribution in [0, 0.1) is 33.5 Å². The molecule has 2 aliphatic rings. The van der Waals surface area contributed by atoms with Gasteiger partial charge < -0.3 is 10.6 Å². The van der Waals surface area contributed by atoms with Crippen LogP contribution in [0.4, 0.5) is 9.59 Å². The van der Waals surface area contributed by atoms with Gasteiger partial charge in [0.1, 0.15) is 0 Å². The number of amides is 4. The normalized spacial score (nSPS) is 25.4. The molecule has 2 saturated carbocycles. The van der Waals surface area contributed by atoms with Crippen LogP contribution >= 0.6 is 23.2 Å². The summed E-state index contributed by atoms with van der Waals surface area (Å²) in [6, 6.07) is -0.967. The molecule has 0 bridgehead atoms. The maximum atomic E-state index is 11.9. The minimum atomic E-state index is -0.483. The summed E-state index contributed by atoms with van der Waals surface area (Å²) in [5, 5.41) is 12.6. The highest BCUT2D eigenvalue weighted by Gasteiger charge is 2.31. The van der Waals surface area contributed by atoms with Crippen molar-refractivity contribution in [3.63, 3.8) is 0 Å². The Kier molecular flexibility index (Phi) is 12.0. The third-order valence-corrected chi connectivity index (χ3v) is 7.13. The van der Waals surface area contributed by atoms with Crippen molar-refractivity contribution in [3.8, 4) is 0 Å².